The zero-order chi connectivity index (χ0) is 11.8. The van der Waals surface area contributed by atoms with Crippen LogP contribution in [-0.4, -0.2) is 9.55 Å². The van der Waals surface area contributed by atoms with Crippen LogP contribution in [0.1, 0.15) is 29.8 Å². The van der Waals surface area contributed by atoms with E-state index in [1.165, 1.54) is 16.8 Å². The molecule has 0 saturated heterocycles. The molecule has 0 spiro atoms. The number of benzene rings is 1. The van der Waals surface area contributed by atoms with Gasteiger partial charge >= 0.3 is 0 Å². The van der Waals surface area contributed by atoms with E-state index in [4.69, 9.17) is 12.2 Å². The SMILES string of the molecule is CCc1c[nH]c(=S)n1C1Cc2ccccc2C1. The summed E-state index contributed by atoms with van der Waals surface area (Å²) < 4.78 is 3.16. The average molecular weight is 244 g/mol. The third-order valence-corrected chi connectivity index (χ3v) is 3.96. The van der Waals surface area contributed by atoms with Crippen molar-refractivity contribution in [1.82, 2.24) is 9.55 Å². The van der Waals surface area contributed by atoms with Gasteiger partial charge in [-0.2, -0.15) is 0 Å². The number of nitrogens with zero attached hydrogens (tertiary/aromatic N) is 1. The van der Waals surface area contributed by atoms with Crippen LogP contribution in [0.15, 0.2) is 30.5 Å². The number of aromatic nitrogens is 2. The van der Waals surface area contributed by atoms with Gasteiger partial charge in [-0.25, -0.2) is 0 Å². The van der Waals surface area contributed by atoms with Crippen LogP contribution in [0.5, 0.6) is 0 Å². The summed E-state index contributed by atoms with van der Waals surface area (Å²) in [5.41, 5.74) is 4.26. The molecule has 1 N–H and O–H groups in total. The topological polar surface area (TPSA) is 20.7 Å². The Morgan fingerprint density at radius 2 is 1.94 bits per heavy atom. The second-order valence-electron chi connectivity index (χ2n) is 4.64. The molecule has 3 rings (SSSR count). The van der Waals surface area contributed by atoms with Gasteiger partial charge in [-0.3, -0.25) is 0 Å². The Morgan fingerprint density at radius 1 is 1.29 bits per heavy atom. The molecular formula is C14H16N2S. The molecule has 0 radical (unpaired) electrons. The number of hydrogen-bond donors (Lipinski definition) is 1. The van der Waals surface area contributed by atoms with Gasteiger partial charge in [0.05, 0.1) is 0 Å². The minimum absolute atomic E-state index is 0.501. The molecule has 0 amide bonds. The highest BCUT2D eigenvalue weighted by molar-refractivity contribution is 7.71. The van der Waals surface area contributed by atoms with Gasteiger partial charge in [0.15, 0.2) is 4.77 Å². The molecule has 17 heavy (non-hydrogen) atoms. The molecule has 1 aliphatic rings. The fraction of sp³-hybridized carbons (Fsp3) is 0.357. The largest absolute Gasteiger partial charge is 0.337 e. The van der Waals surface area contributed by atoms with Crippen molar-refractivity contribution in [2.24, 2.45) is 0 Å². The first kappa shape index (κ1) is 10.8. The van der Waals surface area contributed by atoms with Crippen molar-refractivity contribution in [2.45, 2.75) is 32.2 Å². The summed E-state index contributed by atoms with van der Waals surface area (Å²) in [4.78, 5) is 3.17. The van der Waals surface area contributed by atoms with Crippen LogP contribution >= 0.6 is 12.2 Å². The van der Waals surface area contributed by atoms with E-state index in [9.17, 15) is 0 Å². The fourth-order valence-corrected chi connectivity index (χ4v) is 3.13. The van der Waals surface area contributed by atoms with E-state index in [-0.39, 0.29) is 0 Å². The highest BCUT2D eigenvalue weighted by Gasteiger charge is 2.24. The second kappa shape index (κ2) is 4.15. The smallest absolute Gasteiger partial charge is 0.177 e. The molecule has 0 fully saturated rings. The quantitative estimate of drug-likeness (QED) is 0.802. The molecule has 0 saturated carbocycles. The van der Waals surface area contributed by atoms with Crippen molar-refractivity contribution >= 4 is 12.2 Å². The Kier molecular flexibility index (Phi) is 2.63. The Balaban J connectivity index is 1.99. The minimum atomic E-state index is 0.501. The number of hydrogen-bond acceptors (Lipinski definition) is 1. The number of fused-ring (bicyclic) bond motifs is 1. The highest BCUT2D eigenvalue weighted by Crippen LogP contribution is 2.31. The molecule has 0 atom stereocenters. The first-order valence-electron chi connectivity index (χ1n) is 6.15. The summed E-state index contributed by atoms with van der Waals surface area (Å²) >= 11 is 5.39. The molecule has 0 bridgehead atoms. The second-order valence-corrected chi connectivity index (χ2v) is 5.03. The zero-order valence-corrected chi connectivity index (χ0v) is 10.8. The highest BCUT2D eigenvalue weighted by atomic mass is 32.1. The van der Waals surface area contributed by atoms with Gasteiger partial charge in [0.1, 0.15) is 0 Å². The first-order chi connectivity index (χ1) is 8.29. The molecule has 2 nitrogen and oxygen atoms in total. The van der Waals surface area contributed by atoms with Crippen molar-refractivity contribution in [3.8, 4) is 0 Å². The van der Waals surface area contributed by atoms with E-state index in [1.54, 1.807) is 0 Å². The molecule has 1 aromatic heterocycles. The van der Waals surface area contributed by atoms with Gasteiger partial charge in [0.2, 0.25) is 0 Å². The summed E-state index contributed by atoms with van der Waals surface area (Å²) in [6, 6.07) is 9.21. The monoisotopic (exact) mass is 244 g/mol. The van der Waals surface area contributed by atoms with E-state index in [0.29, 0.717) is 6.04 Å². The average Bonchev–Trinajstić information content (AvgIpc) is 2.91. The van der Waals surface area contributed by atoms with Gasteiger partial charge in [-0.15, -0.1) is 0 Å². The summed E-state index contributed by atoms with van der Waals surface area (Å²) in [6.07, 6.45) is 5.29. The van der Waals surface area contributed by atoms with Gasteiger partial charge < -0.3 is 9.55 Å². The standard InChI is InChI=1S/C14H16N2S/c1-2-12-9-15-14(17)16(12)13-7-10-5-3-4-6-11(10)8-13/h3-6,9,13H,2,7-8H2,1H3,(H,15,17). The van der Waals surface area contributed by atoms with Crippen LogP contribution in [-0.2, 0) is 19.3 Å². The molecule has 3 heteroatoms. The maximum absolute atomic E-state index is 5.39. The lowest BCUT2D eigenvalue weighted by Crippen LogP contribution is -2.11. The van der Waals surface area contributed by atoms with Gasteiger partial charge in [-0.05, 0) is 42.6 Å². The number of H-pyrrole nitrogens is 1. The molecule has 0 aliphatic heterocycles. The van der Waals surface area contributed by atoms with Crippen molar-refractivity contribution in [2.75, 3.05) is 0 Å². The van der Waals surface area contributed by atoms with E-state index >= 15 is 0 Å². The summed E-state index contributed by atoms with van der Waals surface area (Å²) in [5.74, 6) is 0. The molecule has 2 aromatic rings. The van der Waals surface area contributed by atoms with Crippen molar-refractivity contribution in [1.29, 1.82) is 0 Å². The number of aryl methyl sites for hydroxylation is 1. The maximum atomic E-state index is 5.39. The lowest BCUT2D eigenvalue weighted by atomic mass is 10.1. The third kappa shape index (κ3) is 1.75. The lowest BCUT2D eigenvalue weighted by molar-refractivity contribution is 0.506. The van der Waals surface area contributed by atoms with Crippen molar-refractivity contribution in [3.05, 3.63) is 52.1 Å². The Hall–Kier alpha value is -1.35. The predicted octanol–water partition coefficient (Wildman–Crippen LogP) is 3.45. The molecule has 1 aromatic carbocycles. The van der Waals surface area contributed by atoms with Crippen LogP contribution in [0.25, 0.3) is 0 Å². The summed E-state index contributed by atoms with van der Waals surface area (Å²) in [6.45, 7) is 2.18. The number of nitrogens with one attached hydrogen (secondary N) is 1. The number of aromatic amines is 1. The van der Waals surface area contributed by atoms with Crippen LogP contribution in [0.4, 0.5) is 0 Å². The molecule has 0 unspecified atom stereocenters. The zero-order valence-electron chi connectivity index (χ0n) is 9.94. The van der Waals surface area contributed by atoms with Crippen LogP contribution < -0.4 is 0 Å². The van der Waals surface area contributed by atoms with E-state index in [1.807, 2.05) is 6.20 Å². The van der Waals surface area contributed by atoms with Crippen LogP contribution in [0.3, 0.4) is 0 Å². The van der Waals surface area contributed by atoms with Gasteiger partial charge in [0.25, 0.3) is 0 Å². The van der Waals surface area contributed by atoms with Gasteiger partial charge in [0, 0.05) is 17.9 Å². The van der Waals surface area contributed by atoms with Gasteiger partial charge in [-0.1, -0.05) is 31.2 Å². The van der Waals surface area contributed by atoms with Crippen molar-refractivity contribution < 1.29 is 0 Å². The summed E-state index contributed by atoms with van der Waals surface area (Å²) in [7, 11) is 0. The molecule has 1 aliphatic carbocycles. The van der Waals surface area contributed by atoms with E-state index in [2.05, 4.69) is 40.7 Å². The van der Waals surface area contributed by atoms with E-state index in [0.717, 1.165) is 24.0 Å². The fourth-order valence-electron chi connectivity index (χ4n) is 2.81. The predicted molar refractivity (Wildman–Crippen MR) is 71.9 cm³/mol. The Morgan fingerprint density at radius 3 is 2.53 bits per heavy atom. The Bertz CT molecular complexity index is 569. The van der Waals surface area contributed by atoms with E-state index < -0.39 is 0 Å². The summed E-state index contributed by atoms with van der Waals surface area (Å²) in [5, 5.41) is 0. The maximum Gasteiger partial charge on any atom is 0.177 e. The lowest BCUT2D eigenvalue weighted by Gasteiger charge is -2.14. The minimum Gasteiger partial charge on any atom is -0.337 e. The molecular weight excluding hydrogens is 228 g/mol. The molecule has 1 heterocycles. The number of imidazole rings is 1. The first-order valence-corrected chi connectivity index (χ1v) is 6.56. The molecule has 88 valence electrons. The normalized spacial score (nSPS) is 15.1. The number of rotatable bonds is 2. The third-order valence-electron chi connectivity index (χ3n) is 3.65. The van der Waals surface area contributed by atoms with Crippen molar-refractivity contribution in [3.63, 3.8) is 0 Å². The van der Waals surface area contributed by atoms with Crippen LogP contribution in [0, 0.1) is 4.77 Å². The van der Waals surface area contributed by atoms with Crippen LogP contribution in [0.2, 0.25) is 0 Å². The Labute approximate surface area is 106 Å².